The molecule has 0 unspecified atom stereocenters. The average molecular weight is 363 g/mol. The number of thiazole rings is 1. The predicted molar refractivity (Wildman–Crippen MR) is 107 cm³/mol. The maximum absolute atomic E-state index is 4.77. The maximum atomic E-state index is 4.77. The Morgan fingerprint density at radius 1 is 0.840 bits per heavy atom. The molecule has 4 aromatic rings. The lowest BCUT2D eigenvalue weighted by atomic mass is 9.99. The number of aromatic nitrogens is 1. The molecular formula is C21H18N2S2. The van der Waals surface area contributed by atoms with Gasteiger partial charge in [-0.2, -0.15) is 11.3 Å². The van der Waals surface area contributed by atoms with Crippen molar-refractivity contribution in [2.24, 2.45) is 0 Å². The Hall–Kier alpha value is -2.27. The summed E-state index contributed by atoms with van der Waals surface area (Å²) in [6, 6.07) is 23.4. The topological polar surface area (TPSA) is 24.9 Å². The molecule has 0 aliphatic heterocycles. The van der Waals surface area contributed by atoms with Crippen LogP contribution in [0.5, 0.6) is 0 Å². The molecule has 4 heteroatoms. The lowest BCUT2D eigenvalue weighted by Crippen LogP contribution is -2.22. The molecule has 0 saturated carbocycles. The Morgan fingerprint density at radius 2 is 1.52 bits per heavy atom. The van der Waals surface area contributed by atoms with Gasteiger partial charge in [0.2, 0.25) is 0 Å². The van der Waals surface area contributed by atoms with Crippen molar-refractivity contribution in [2.75, 3.05) is 0 Å². The number of thiophene rings is 1. The van der Waals surface area contributed by atoms with Crippen LogP contribution in [0.4, 0.5) is 0 Å². The monoisotopic (exact) mass is 362 g/mol. The summed E-state index contributed by atoms with van der Waals surface area (Å²) in [5.74, 6) is 0. The predicted octanol–water partition coefficient (Wildman–Crippen LogP) is 5.75. The Balaban J connectivity index is 1.54. The van der Waals surface area contributed by atoms with Gasteiger partial charge >= 0.3 is 0 Å². The van der Waals surface area contributed by atoms with Crippen LogP contribution in [0, 0.1) is 0 Å². The zero-order chi connectivity index (χ0) is 16.9. The highest BCUT2D eigenvalue weighted by molar-refractivity contribution is 7.14. The molecule has 4 rings (SSSR count). The van der Waals surface area contributed by atoms with Gasteiger partial charge in [0.15, 0.2) is 0 Å². The molecule has 2 aromatic carbocycles. The van der Waals surface area contributed by atoms with E-state index in [9.17, 15) is 0 Å². The molecule has 1 N–H and O–H groups in total. The summed E-state index contributed by atoms with van der Waals surface area (Å²) < 4.78 is 0. The first-order chi connectivity index (χ1) is 12.4. The van der Waals surface area contributed by atoms with Crippen LogP contribution in [0.25, 0.3) is 10.6 Å². The first-order valence-electron chi connectivity index (χ1n) is 8.20. The zero-order valence-corrected chi connectivity index (χ0v) is 15.3. The van der Waals surface area contributed by atoms with Crippen molar-refractivity contribution >= 4 is 22.7 Å². The Labute approximate surface area is 155 Å². The fraction of sp³-hybridized carbons (Fsp3) is 0.0952. The van der Waals surface area contributed by atoms with Gasteiger partial charge in [0.25, 0.3) is 0 Å². The van der Waals surface area contributed by atoms with Crippen LogP contribution in [-0.4, -0.2) is 4.98 Å². The third-order valence-corrected chi connectivity index (χ3v) is 5.70. The minimum Gasteiger partial charge on any atom is -0.301 e. The van der Waals surface area contributed by atoms with Gasteiger partial charge in [-0.05, 0) is 22.6 Å². The first-order valence-corrected chi connectivity index (χ1v) is 10.0. The van der Waals surface area contributed by atoms with Crippen LogP contribution in [0.1, 0.15) is 22.9 Å². The minimum atomic E-state index is 0.161. The van der Waals surface area contributed by atoms with Crippen molar-refractivity contribution in [3.05, 3.63) is 99.7 Å². The smallest absolute Gasteiger partial charge is 0.124 e. The Morgan fingerprint density at radius 3 is 2.12 bits per heavy atom. The summed E-state index contributed by atoms with van der Waals surface area (Å²) in [6.45, 7) is 0.745. The van der Waals surface area contributed by atoms with Crippen LogP contribution >= 0.6 is 22.7 Å². The van der Waals surface area contributed by atoms with Gasteiger partial charge in [0, 0.05) is 22.9 Å². The van der Waals surface area contributed by atoms with Gasteiger partial charge in [-0.3, -0.25) is 0 Å². The van der Waals surface area contributed by atoms with Crippen LogP contribution in [0.15, 0.2) is 82.9 Å². The number of hydrogen-bond acceptors (Lipinski definition) is 4. The fourth-order valence-corrected chi connectivity index (χ4v) is 4.36. The highest BCUT2D eigenvalue weighted by Gasteiger charge is 2.14. The third-order valence-electron chi connectivity index (χ3n) is 4.07. The second-order valence-electron chi connectivity index (χ2n) is 5.79. The van der Waals surface area contributed by atoms with Crippen molar-refractivity contribution in [1.82, 2.24) is 10.3 Å². The van der Waals surface area contributed by atoms with Crippen molar-refractivity contribution in [2.45, 2.75) is 12.6 Å². The van der Waals surface area contributed by atoms with E-state index in [-0.39, 0.29) is 6.04 Å². The van der Waals surface area contributed by atoms with E-state index in [0.717, 1.165) is 17.2 Å². The van der Waals surface area contributed by atoms with Crippen LogP contribution < -0.4 is 5.32 Å². The van der Waals surface area contributed by atoms with E-state index in [2.05, 4.69) is 88.2 Å². The normalized spacial score (nSPS) is 11.1. The van der Waals surface area contributed by atoms with Crippen molar-refractivity contribution in [3.63, 3.8) is 0 Å². The largest absolute Gasteiger partial charge is 0.301 e. The summed E-state index contributed by atoms with van der Waals surface area (Å²) in [5, 5.41) is 11.1. The van der Waals surface area contributed by atoms with Crippen molar-refractivity contribution in [3.8, 4) is 10.6 Å². The SMILES string of the molecule is c1ccc(C(NCc2csc(-c3ccsc3)n2)c2ccccc2)cc1. The molecule has 0 saturated heterocycles. The Kier molecular flexibility index (Phi) is 5.02. The molecule has 0 fully saturated rings. The standard InChI is InChI=1S/C21H18N2S2/c1-3-7-16(8-4-1)20(17-9-5-2-6-10-17)22-13-19-15-25-21(23-19)18-11-12-24-14-18/h1-12,14-15,20,22H,13H2. The zero-order valence-electron chi connectivity index (χ0n) is 13.6. The maximum Gasteiger partial charge on any atom is 0.124 e. The van der Waals surface area contributed by atoms with Gasteiger partial charge < -0.3 is 5.32 Å². The Bertz CT molecular complexity index is 860. The van der Waals surface area contributed by atoms with Crippen LogP contribution in [-0.2, 0) is 6.54 Å². The quantitative estimate of drug-likeness (QED) is 0.472. The molecular weight excluding hydrogens is 344 g/mol. The molecule has 0 bridgehead atoms. The van der Waals surface area contributed by atoms with Gasteiger partial charge in [0.05, 0.1) is 11.7 Å². The van der Waals surface area contributed by atoms with E-state index < -0.39 is 0 Å². The number of benzene rings is 2. The molecule has 25 heavy (non-hydrogen) atoms. The summed E-state index contributed by atoms with van der Waals surface area (Å²) in [7, 11) is 0. The number of nitrogens with one attached hydrogen (secondary N) is 1. The van der Waals surface area contributed by atoms with Gasteiger partial charge in [-0.15, -0.1) is 11.3 Å². The molecule has 0 amide bonds. The van der Waals surface area contributed by atoms with Gasteiger partial charge in [-0.1, -0.05) is 60.7 Å². The molecule has 0 radical (unpaired) electrons. The summed E-state index contributed by atoms with van der Waals surface area (Å²) in [4.78, 5) is 4.77. The molecule has 2 nitrogen and oxygen atoms in total. The van der Waals surface area contributed by atoms with Crippen molar-refractivity contribution < 1.29 is 0 Å². The number of hydrogen-bond donors (Lipinski definition) is 1. The van der Waals surface area contributed by atoms with E-state index in [1.165, 1.54) is 16.7 Å². The highest BCUT2D eigenvalue weighted by atomic mass is 32.1. The molecule has 0 spiro atoms. The van der Waals surface area contributed by atoms with Gasteiger partial charge in [-0.25, -0.2) is 4.98 Å². The summed E-state index contributed by atoms with van der Waals surface area (Å²) in [6.07, 6.45) is 0. The van der Waals surface area contributed by atoms with Crippen LogP contribution in [0.2, 0.25) is 0 Å². The molecule has 2 aromatic heterocycles. The molecule has 0 atom stereocenters. The molecule has 0 aliphatic carbocycles. The van der Waals surface area contributed by atoms with E-state index in [1.54, 1.807) is 22.7 Å². The van der Waals surface area contributed by atoms with E-state index in [1.807, 2.05) is 0 Å². The molecule has 124 valence electrons. The average Bonchev–Trinajstić information content (AvgIpc) is 3.35. The second kappa shape index (κ2) is 7.74. The van der Waals surface area contributed by atoms with Crippen LogP contribution in [0.3, 0.4) is 0 Å². The lowest BCUT2D eigenvalue weighted by Gasteiger charge is -2.19. The van der Waals surface area contributed by atoms with Gasteiger partial charge in [0.1, 0.15) is 5.01 Å². The lowest BCUT2D eigenvalue weighted by molar-refractivity contribution is 0.599. The molecule has 0 aliphatic rings. The third kappa shape index (κ3) is 3.87. The van der Waals surface area contributed by atoms with E-state index in [0.29, 0.717) is 0 Å². The number of nitrogens with zero attached hydrogens (tertiary/aromatic N) is 1. The fourth-order valence-electron chi connectivity index (χ4n) is 2.83. The second-order valence-corrected chi connectivity index (χ2v) is 7.43. The summed E-state index contributed by atoms with van der Waals surface area (Å²) in [5.41, 5.74) is 4.83. The first kappa shape index (κ1) is 16.2. The van der Waals surface area contributed by atoms with Crippen molar-refractivity contribution in [1.29, 1.82) is 0 Å². The highest BCUT2D eigenvalue weighted by Crippen LogP contribution is 2.27. The number of rotatable bonds is 6. The van der Waals surface area contributed by atoms with E-state index in [4.69, 9.17) is 4.98 Å². The minimum absolute atomic E-state index is 0.161. The summed E-state index contributed by atoms with van der Waals surface area (Å²) >= 11 is 3.41. The molecule has 2 heterocycles. The van der Waals surface area contributed by atoms with E-state index >= 15 is 0 Å².